The lowest BCUT2D eigenvalue weighted by Crippen LogP contribution is -2.42. The van der Waals surface area contributed by atoms with Crippen molar-refractivity contribution in [2.45, 2.75) is 333 Å². The predicted molar refractivity (Wildman–Crippen MR) is 495 cm³/mol. The molecule has 1 heterocycles. The third kappa shape index (κ3) is 38.0. The number of esters is 8. The highest BCUT2D eigenvalue weighted by atomic mass is 32.2. The molecule has 0 amide bonds. The molecule has 11 rings (SSSR count). The molecule has 1 saturated carbocycles. The van der Waals surface area contributed by atoms with Gasteiger partial charge in [0, 0.05) is 57.6 Å². The average molecular weight is 1760 g/mol. The van der Waals surface area contributed by atoms with Gasteiger partial charge in [0.05, 0.1) is 94.7 Å². The van der Waals surface area contributed by atoms with E-state index in [9.17, 15) is 43.2 Å². The van der Waals surface area contributed by atoms with Gasteiger partial charge in [-0.15, -0.1) is 11.8 Å². The molecule has 702 valence electrons. The first-order valence-corrected chi connectivity index (χ1v) is 48.1. The van der Waals surface area contributed by atoms with Crippen molar-refractivity contribution in [3.8, 4) is 0 Å². The van der Waals surface area contributed by atoms with Crippen LogP contribution in [-0.4, -0.2) is 153 Å². The van der Waals surface area contributed by atoms with Crippen molar-refractivity contribution in [2.75, 3.05) is 46.2 Å². The number of ketones is 1. The Balaban J connectivity index is 0.000000303. The molecule has 21 nitrogen and oxygen atoms in total. The van der Waals surface area contributed by atoms with Gasteiger partial charge in [-0.2, -0.15) is 0 Å². The number of thioether (sulfide) groups is 1. The standard InChI is InChI=1S/C18H30O4.C16H28O3.C16H20O2S.C15H27NO3.C11H16O2.C10H16O2.C10H14O2.C7H8O2/c1-6-15(7-2)22-17-11-14(18(20)21-8-3)9-12(4)16(17)10-13(5)19;1-6-14(7-2)19-15-10-13(16(17)18-8-3)9-11(4)12(15)5;1-3-18-15(17)16(11-7-8-13(2)12-16)19-14-9-5-4-6-10-14;1-5-12(6-2)19-14-9-11(15(17)18-7-3)8-13(16)10(14)4;1-3-13-11(12)9-4-7(2)10-6-8(10)5-9;2*1-3-12-10(11)9-6-4-5-8(2)7-9;8-7-5-2-1-3-6(4-5)9-7/h11-12,15-17H,6-10H2,1-5H3;10-12,14-15H,6-9H2,1-5H3;4-10,13H,3,11-12H2,1-2H3;9-10,12-14H,5-8,16H2,1-4H3;5,7-8,10H,3-4,6H2,1-2H3;4-5,8-9H,3,6-7H2,1-2H3;4-6,8H,3,7H2,1-2H3;1,3,5-6H,2,4H2/t12-,16+,17+;11-,12+,15+;13-,16?;10-,13+,14-;7-,8+,10+;8-,9+;8-;/m0011011./s1. The number of hydrogen-bond donors (Lipinski definition) is 1. The molecule has 0 aromatic heterocycles. The van der Waals surface area contributed by atoms with Crippen LogP contribution in [0.15, 0.2) is 142 Å². The summed E-state index contributed by atoms with van der Waals surface area (Å²) in [7, 11) is 0. The number of carbonyl (C=O) groups is 9. The van der Waals surface area contributed by atoms with Gasteiger partial charge in [-0.25, -0.2) is 24.0 Å². The number of rotatable bonds is 30. The molecule has 10 aliphatic rings. The molecule has 2 fully saturated rings. The molecule has 1 aromatic rings. The van der Waals surface area contributed by atoms with Crippen LogP contribution in [0.2, 0.25) is 0 Å². The zero-order chi connectivity index (χ0) is 92.9. The first-order chi connectivity index (χ1) is 59.7. The Bertz CT molecular complexity index is 3700. The smallest absolute Gasteiger partial charge is 0.334 e. The molecule has 0 radical (unpaired) electrons. The van der Waals surface area contributed by atoms with E-state index in [0.717, 1.165) is 124 Å². The van der Waals surface area contributed by atoms with Crippen LogP contribution in [-0.2, 0) is 95.3 Å². The zero-order valence-corrected chi connectivity index (χ0v) is 80.9. The molecule has 1 aromatic carbocycles. The Labute approximate surface area is 755 Å². The molecule has 125 heavy (non-hydrogen) atoms. The first kappa shape index (κ1) is 110. The molecule has 22 heteroatoms. The van der Waals surface area contributed by atoms with Crippen LogP contribution in [0, 0.1) is 76.9 Å². The normalized spacial score (nSPS) is 28.0. The van der Waals surface area contributed by atoms with E-state index in [1.807, 2.05) is 102 Å². The summed E-state index contributed by atoms with van der Waals surface area (Å²) in [5.41, 5.74) is 9.94. The fourth-order valence-corrected chi connectivity index (χ4v) is 18.2. The van der Waals surface area contributed by atoms with Gasteiger partial charge >= 0.3 is 47.8 Å². The van der Waals surface area contributed by atoms with Gasteiger partial charge in [0.25, 0.3) is 0 Å². The number of hydrogen-bond acceptors (Lipinski definition) is 22. The second kappa shape index (κ2) is 58.9. The molecule has 2 N–H and O–H groups in total. The fourth-order valence-electron chi connectivity index (χ4n) is 16.8. The van der Waals surface area contributed by atoms with E-state index >= 15 is 0 Å². The number of carbonyl (C=O) groups excluding carboxylic acids is 9. The maximum atomic E-state index is 12.4. The Hall–Kier alpha value is -7.50. The summed E-state index contributed by atoms with van der Waals surface area (Å²) >= 11 is 1.64. The van der Waals surface area contributed by atoms with E-state index in [4.69, 9.17) is 57.8 Å². The van der Waals surface area contributed by atoms with Crippen molar-refractivity contribution in [3.63, 3.8) is 0 Å². The average Bonchev–Trinajstić information content (AvgIpc) is 1.64. The molecule has 2 bridgehead atoms. The summed E-state index contributed by atoms with van der Waals surface area (Å²) in [5.74, 6) is 4.44. The van der Waals surface area contributed by atoms with Gasteiger partial charge in [-0.3, -0.25) is 14.4 Å². The van der Waals surface area contributed by atoms with Crippen molar-refractivity contribution in [3.05, 3.63) is 137 Å². The summed E-state index contributed by atoms with van der Waals surface area (Å²) in [6.45, 7) is 47.3. The topological polar surface area (TPSA) is 281 Å². The number of benzene rings is 1. The molecule has 0 spiro atoms. The van der Waals surface area contributed by atoms with Crippen LogP contribution < -0.4 is 5.73 Å². The number of Topliss-reactive ketones (excluding diaryl/α,β-unsaturated/α-hetero) is 1. The highest BCUT2D eigenvalue weighted by molar-refractivity contribution is 8.01. The third-order valence-electron chi connectivity index (χ3n) is 24.6. The molecule has 1 aliphatic heterocycles. The maximum Gasteiger partial charge on any atom is 0.334 e. The van der Waals surface area contributed by atoms with Crippen LogP contribution in [0.5, 0.6) is 0 Å². The SMILES string of the molecule is CCOC(=O)C1(Sc2ccccc2)CC=C[C@@H](C)C1.CCOC(=O)C1=CC=C[C@@H](C)C1.CCOC(=O)C1=C[C@@H](OC(CC)CC)[C@H](C)[C@@H](C)C1.CCOC(=O)C1=C[C@@H](OC(CC)CC)[C@H](C)[C@@H](N)C1.CCOC(=O)C1=C[C@@H](OC(CC)CC)[C@H](CC(C)=O)[C@@H](C)C1.CCOC(=O)C1=C[C@@H]2C[C@@H]2[C@@H](C)C1.CCOC(=O)[C@H]1CC=C[C@@H](C)C1.O=C1OC2C=CCC1C2. The second-order valence-electron chi connectivity index (χ2n) is 34.9. The highest BCUT2D eigenvalue weighted by Crippen LogP contribution is 2.51. The van der Waals surface area contributed by atoms with Crippen LogP contribution >= 0.6 is 11.8 Å². The fraction of sp³-hybridized carbons (Fsp3) is 0.680. The minimum Gasteiger partial charge on any atom is -0.466 e. The largest absolute Gasteiger partial charge is 0.466 e. The van der Waals surface area contributed by atoms with Crippen LogP contribution in [0.3, 0.4) is 0 Å². The van der Waals surface area contributed by atoms with E-state index in [1.54, 1.807) is 25.6 Å². The molecular formula is C103H159NO20S. The van der Waals surface area contributed by atoms with Crippen molar-refractivity contribution >= 4 is 65.3 Å². The second-order valence-corrected chi connectivity index (χ2v) is 36.3. The molecular weight excluding hydrogens is 1600 g/mol. The number of nitrogens with two attached hydrogens (primary N) is 1. The Morgan fingerprint density at radius 1 is 0.472 bits per heavy atom. The lowest BCUT2D eigenvalue weighted by molar-refractivity contribution is -0.149. The summed E-state index contributed by atoms with van der Waals surface area (Å²) in [4.78, 5) is 106. The van der Waals surface area contributed by atoms with Gasteiger partial charge in [0.15, 0.2) is 0 Å². The van der Waals surface area contributed by atoms with Crippen LogP contribution in [0.4, 0.5) is 0 Å². The van der Waals surface area contributed by atoms with Crippen LogP contribution in [0.1, 0.15) is 274 Å². The molecule has 3 unspecified atom stereocenters. The van der Waals surface area contributed by atoms with Gasteiger partial charge in [-0.1, -0.05) is 170 Å². The van der Waals surface area contributed by atoms with Crippen molar-refractivity contribution in [2.24, 2.45) is 82.7 Å². The monoisotopic (exact) mass is 1760 g/mol. The summed E-state index contributed by atoms with van der Waals surface area (Å²) in [6, 6.07) is 10.0. The van der Waals surface area contributed by atoms with E-state index in [-0.39, 0.29) is 132 Å². The summed E-state index contributed by atoms with van der Waals surface area (Å²) in [5, 5.41) is 0. The van der Waals surface area contributed by atoms with Gasteiger partial charge in [-0.05, 0) is 260 Å². The number of allylic oxidation sites excluding steroid dienone is 9. The molecule has 9 aliphatic carbocycles. The lowest BCUT2D eigenvalue weighted by atomic mass is 9.76. The minimum atomic E-state index is -0.467. The van der Waals surface area contributed by atoms with E-state index in [1.165, 1.54) is 6.42 Å². The zero-order valence-electron chi connectivity index (χ0n) is 80.1. The lowest BCUT2D eigenvalue weighted by Gasteiger charge is -2.36. The summed E-state index contributed by atoms with van der Waals surface area (Å²) in [6.07, 6.45) is 43.3. The quantitative estimate of drug-likeness (QED) is 0.0425. The van der Waals surface area contributed by atoms with E-state index in [0.29, 0.717) is 118 Å². The maximum absolute atomic E-state index is 12.4. The van der Waals surface area contributed by atoms with Gasteiger partial charge < -0.3 is 62.6 Å². The summed E-state index contributed by atoms with van der Waals surface area (Å²) < 4.78 is 58.3. The predicted octanol–water partition coefficient (Wildman–Crippen LogP) is 21.1. The van der Waals surface area contributed by atoms with Crippen molar-refractivity contribution in [1.82, 2.24) is 0 Å². The highest BCUT2D eigenvalue weighted by Gasteiger charge is 2.45. The Kier molecular flexibility index (Phi) is 51.7. The minimum absolute atomic E-state index is 0.00926. The molecule has 1 saturated heterocycles. The van der Waals surface area contributed by atoms with Crippen LogP contribution in [0.25, 0.3) is 0 Å². The van der Waals surface area contributed by atoms with Gasteiger partial charge in [0.1, 0.15) is 16.6 Å². The van der Waals surface area contributed by atoms with E-state index < -0.39 is 4.75 Å². The van der Waals surface area contributed by atoms with E-state index in [2.05, 4.69) is 146 Å². The Morgan fingerprint density at radius 3 is 1.41 bits per heavy atom. The number of ether oxygens (including phenoxy) is 11. The van der Waals surface area contributed by atoms with Crippen molar-refractivity contribution < 1.29 is 95.3 Å². The van der Waals surface area contributed by atoms with Gasteiger partial charge in [0.2, 0.25) is 0 Å². The first-order valence-electron chi connectivity index (χ1n) is 47.3. The third-order valence-corrected chi connectivity index (χ3v) is 26.0. The Morgan fingerprint density at radius 2 is 0.936 bits per heavy atom. The number of fused-ring (bicyclic) bond motifs is 3. The van der Waals surface area contributed by atoms with Crippen molar-refractivity contribution in [1.29, 1.82) is 0 Å². The molecule has 19 atom stereocenters.